The Morgan fingerprint density at radius 2 is 1.83 bits per heavy atom. The van der Waals surface area contributed by atoms with Crippen molar-refractivity contribution in [2.45, 2.75) is 20.3 Å². The lowest BCUT2D eigenvalue weighted by molar-refractivity contribution is -0.116. The average Bonchev–Trinajstić information content (AvgIpc) is 3.07. The molecule has 0 atom stereocenters. The number of rotatable bonds is 6. The molecule has 0 saturated carbocycles. The van der Waals surface area contributed by atoms with Gasteiger partial charge in [-0.1, -0.05) is 42.0 Å². The SMILES string of the molecule is Cc1ccc(-c2c(C)sc3ncnc(NCCC(=O)Nc4ccccc4F)c23)cc1. The van der Waals surface area contributed by atoms with Crippen LogP contribution in [0.4, 0.5) is 15.9 Å². The lowest BCUT2D eigenvalue weighted by atomic mass is 10.0. The summed E-state index contributed by atoms with van der Waals surface area (Å²) < 4.78 is 13.7. The van der Waals surface area contributed by atoms with E-state index in [0.29, 0.717) is 12.4 Å². The summed E-state index contributed by atoms with van der Waals surface area (Å²) in [5, 5.41) is 6.81. The number of fused-ring (bicyclic) bond motifs is 1. The molecule has 2 N–H and O–H groups in total. The first-order valence-electron chi connectivity index (χ1n) is 9.62. The van der Waals surface area contributed by atoms with Gasteiger partial charge in [0, 0.05) is 23.4 Å². The number of hydrogen-bond donors (Lipinski definition) is 2. The van der Waals surface area contributed by atoms with Gasteiger partial charge in [-0.05, 0) is 31.5 Å². The Kier molecular flexibility index (Phi) is 5.72. The number of para-hydroxylation sites is 1. The third kappa shape index (κ3) is 4.16. The molecule has 2 heterocycles. The number of carbonyl (C=O) groups excluding carboxylic acids is 1. The van der Waals surface area contributed by atoms with Crippen LogP contribution in [0.15, 0.2) is 54.9 Å². The van der Waals surface area contributed by atoms with Gasteiger partial charge in [-0.3, -0.25) is 4.79 Å². The van der Waals surface area contributed by atoms with E-state index in [0.717, 1.165) is 26.2 Å². The first-order valence-corrected chi connectivity index (χ1v) is 10.4. The number of benzene rings is 2. The monoisotopic (exact) mass is 420 g/mol. The fourth-order valence-corrected chi connectivity index (χ4v) is 4.33. The van der Waals surface area contributed by atoms with Crippen molar-refractivity contribution in [2.75, 3.05) is 17.2 Å². The molecule has 0 radical (unpaired) electrons. The summed E-state index contributed by atoms with van der Waals surface area (Å²) >= 11 is 1.62. The Balaban J connectivity index is 1.52. The molecule has 7 heteroatoms. The molecule has 0 aliphatic heterocycles. The van der Waals surface area contributed by atoms with Crippen molar-refractivity contribution in [1.29, 1.82) is 0 Å². The van der Waals surface area contributed by atoms with Crippen molar-refractivity contribution in [3.63, 3.8) is 0 Å². The van der Waals surface area contributed by atoms with Crippen LogP contribution in [0.25, 0.3) is 21.3 Å². The predicted molar refractivity (Wildman–Crippen MR) is 120 cm³/mol. The van der Waals surface area contributed by atoms with Crippen molar-refractivity contribution in [3.05, 3.63) is 71.1 Å². The van der Waals surface area contributed by atoms with E-state index in [2.05, 4.69) is 58.7 Å². The van der Waals surface area contributed by atoms with Crippen LogP contribution in [0.1, 0.15) is 16.9 Å². The summed E-state index contributed by atoms with van der Waals surface area (Å²) in [4.78, 5) is 23.1. The number of halogens is 1. The standard InChI is InChI=1S/C23H21FN4OS/c1-14-7-9-16(10-8-14)20-15(2)30-23-21(20)22(26-13-27-23)25-12-11-19(29)28-18-6-4-3-5-17(18)24/h3-10,13H,11-12H2,1-2H3,(H,28,29)(H,25,26,27). The van der Waals surface area contributed by atoms with Crippen LogP contribution in [0.5, 0.6) is 0 Å². The molecule has 0 spiro atoms. The molecule has 152 valence electrons. The van der Waals surface area contributed by atoms with Crippen LogP contribution in [-0.4, -0.2) is 22.4 Å². The molecule has 4 rings (SSSR count). The molecule has 2 aromatic heterocycles. The fourth-order valence-electron chi connectivity index (χ4n) is 3.32. The molecule has 1 amide bonds. The topological polar surface area (TPSA) is 66.9 Å². The highest BCUT2D eigenvalue weighted by atomic mass is 32.1. The number of thiophene rings is 1. The number of anilines is 2. The van der Waals surface area contributed by atoms with E-state index in [1.807, 2.05) is 0 Å². The Morgan fingerprint density at radius 3 is 2.60 bits per heavy atom. The molecule has 5 nitrogen and oxygen atoms in total. The van der Waals surface area contributed by atoms with Crippen molar-refractivity contribution in [2.24, 2.45) is 0 Å². The smallest absolute Gasteiger partial charge is 0.226 e. The molecular formula is C23H21FN4OS. The Morgan fingerprint density at radius 1 is 1.07 bits per heavy atom. The number of nitrogens with one attached hydrogen (secondary N) is 2. The number of nitrogens with zero attached hydrogens (tertiary/aromatic N) is 2. The van der Waals surface area contributed by atoms with Gasteiger partial charge in [-0.2, -0.15) is 0 Å². The zero-order valence-electron chi connectivity index (χ0n) is 16.7. The van der Waals surface area contributed by atoms with Gasteiger partial charge in [0.2, 0.25) is 5.91 Å². The molecule has 0 saturated heterocycles. The van der Waals surface area contributed by atoms with Crippen LogP contribution in [0, 0.1) is 19.7 Å². The van der Waals surface area contributed by atoms with Gasteiger partial charge in [0.25, 0.3) is 0 Å². The van der Waals surface area contributed by atoms with E-state index in [1.165, 1.54) is 24.0 Å². The van der Waals surface area contributed by atoms with Gasteiger partial charge >= 0.3 is 0 Å². The van der Waals surface area contributed by atoms with E-state index >= 15 is 0 Å². The Labute approximate surface area is 178 Å². The number of carbonyl (C=O) groups is 1. The third-order valence-electron chi connectivity index (χ3n) is 4.80. The van der Waals surface area contributed by atoms with E-state index in [-0.39, 0.29) is 18.0 Å². The van der Waals surface area contributed by atoms with E-state index < -0.39 is 5.82 Å². The maximum Gasteiger partial charge on any atom is 0.226 e. The Hall–Kier alpha value is -3.32. The van der Waals surface area contributed by atoms with E-state index in [9.17, 15) is 9.18 Å². The summed E-state index contributed by atoms with van der Waals surface area (Å²) in [6.07, 6.45) is 1.71. The average molecular weight is 421 g/mol. The molecule has 0 bridgehead atoms. The maximum absolute atomic E-state index is 13.7. The first kappa shape index (κ1) is 20.0. The molecular weight excluding hydrogens is 399 g/mol. The van der Waals surface area contributed by atoms with Crippen LogP contribution in [0.3, 0.4) is 0 Å². The second kappa shape index (κ2) is 8.59. The minimum atomic E-state index is -0.451. The van der Waals surface area contributed by atoms with Crippen LogP contribution in [-0.2, 0) is 4.79 Å². The third-order valence-corrected chi connectivity index (χ3v) is 5.81. The van der Waals surface area contributed by atoms with Gasteiger partial charge in [0.1, 0.15) is 22.8 Å². The summed E-state index contributed by atoms with van der Waals surface area (Å²) in [5.41, 5.74) is 3.60. The van der Waals surface area contributed by atoms with Gasteiger partial charge in [0.05, 0.1) is 11.1 Å². The number of aromatic nitrogens is 2. The maximum atomic E-state index is 13.7. The molecule has 0 unspecified atom stereocenters. The first-order chi connectivity index (χ1) is 14.5. The quantitative estimate of drug-likeness (QED) is 0.429. The highest BCUT2D eigenvalue weighted by Gasteiger charge is 2.17. The molecule has 4 aromatic rings. The fraction of sp³-hybridized carbons (Fsp3) is 0.174. The second-order valence-corrected chi connectivity index (χ2v) is 8.21. The van der Waals surface area contributed by atoms with Gasteiger partial charge in [0.15, 0.2) is 0 Å². The molecule has 2 aromatic carbocycles. The van der Waals surface area contributed by atoms with Gasteiger partial charge < -0.3 is 10.6 Å². The summed E-state index contributed by atoms with van der Waals surface area (Å²) in [6.45, 7) is 4.51. The molecule has 30 heavy (non-hydrogen) atoms. The normalized spacial score (nSPS) is 10.9. The Bertz CT molecular complexity index is 1200. The largest absolute Gasteiger partial charge is 0.369 e. The van der Waals surface area contributed by atoms with Gasteiger partial charge in [-0.15, -0.1) is 11.3 Å². The lowest BCUT2D eigenvalue weighted by Crippen LogP contribution is -2.17. The van der Waals surface area contributed by atoms with Crippen LogP contribution < -0.4 is 10.6 Å². The van der Waals surface area contributed by atoms with E-state index in [4.69, 9.17) is 0 Å². The van der Waals surface area contributed by atoms with E-state index in [1.54, 1.807) is 23.5 Å². The molecule has 0 aliphatic rings. The van der Waals surface area contributed by atoms with Crippen molar-refractivity contribution < 1.29 is 9.18 Å². The zero-order chi connectivity index (χ0) is 21.1. The highest BCUT2D eigenvalue weighted by Crippen LogP contribution is 2.40. The summed E-state index contributed by atoms with van der Waals surface area (Å²) in [5.74, 6) is -0.0235. The van der Waals surface area contributed by atoms with Crippen molar-refractivity contribution in [1.82, 2.24) is 9.97 Å². The van der Waals surface area contributed by atoms with Crippen LogP contribution >= 0.6 is 11.3 Å². The molecule has 0 aliphatic carbocycles. The van der Waals surface area contributed by atoms with Crippen LogP contribution in [0.2, 0.25) is 0 Å². The zero-order valence-corrected chi connectivity index (χ0v) is 17.5. The van der Waals surface area contributed by atoms with Crippen molar-refractivity contribution >= 4 is 39.0 Å². The minimum absolute atomic E-state index is 0.182. The van der Waals surface area contributed by atoms with Gasteiger partial charge in [-0.25, -0.2) is 14.4 Å². The lowest BCUT2D eigenvalue weighted by Gasteiger charge is -2.10. The highest BCUT2D eigenvalue weighted by molar-refractivity contribution is 7.19. The summed E-state index contributed by atoms with van der Waals surface area (Å²) in [6, 6.07) is 14.5. The number of hydrogen-bond acceptors (Lipinski definition) is 5. The van der Waals surface area contributed by atoms with Crippen molar-refractivity contribution in [3.8, 4) is 11.1 Å². The number of amides is 1. The predicted octanol–water partition coefficient (Wildman–Crippen LogP) is 5.55. The minimum Gasteiger partial charge on any atom is -0.369 e. The number of aryl methyl sites for hydroxylation is 2. The molecule has 0 fully saturated rings. The second-order valence-electron chi connectivity index (χ2n) is 7.01. The summed E-state index contributed by atoms with van der Waals surface area (Å²) in [7, 11) is 0.